The molecule has 5 rings (SSSR count). The van der Waals surface area contributed by atoms with Gasteiger partial charge in [-0.2, -0.15) is 0 Å². The number of halogens is 1. The van der Waals surface area contributed by atoms with Crippen molar-refractivity contribution < 1.29 is 18.7 Å². The van der Waals surface area contributed by atoms with E-state index in [-0.39, 0.29) is 30.2 Å². The van der Waals surface area contributed by atoms with Gasteiger partial charge in [0.15, 0.2) is 0 Å². The summed E-state index contributed by atoms with van der Waals surface area (Å²) in [5, 5.41) is 0. The number of para-hydroxylation sites is 2. The minimum absolute atomic E-state index is 0.00491. The second-order valence-corrected chi connectivity index (χ2v) is 12.4. The molecular weight excluding hydrogens is 505 g/mol. The molecule has 1 aromatic heterocycles. The molecule has 0 radical (unpaired) electrons. The number of hydrogen-bond acceptors (Lipinski definition) is 5. The van der Waals surface area contributed by atoms with Crippen LogP contribution in [0.1, 0.15) is 81.2 Å². The second kappa shape index (κ2) is 12.4. The molecule has 6 nitrogen and oxygen atoms in total. The maximum absolute atomic E-state index is 14.1. The smallest absolute Gasteiger partial charge is 0.332 e. The third kappa shape index (κ3) is 6.26. The van der Waals surface area contributed by atoms with Crippen LogP contribution in [0.15, 0.2) is 42.5 Å². The summed E-state index contributed by atoms with van der Waals surface area (Å²) in [4.78, 5) is 23.6. The summed E-state index contributed by atoms with van der Waals surface area (Å²) in [6.07, 6.45) is 6.82. The number of benzene rings is 2. The highest BCUT2D eigenvalue weighted by Crippen LogP contribution is 2.48. The molecular formula is C33H44FN3O3. The van der Waals surface area contributed by atoms with Crippen LogP contribution in [0.2, 0.25) is 0 Å². The number of methoxy groups -OCH3 is 1. The van der Waals surface area contributed by atoms with Crippen LogP contribution in [0, 0.1) is 17.7 Å². The van der Waals surface area contributed by atoms with Crippen molar-refractivity contribution in [1.29, 1.82) is 0 Å². The number of carbonyl (C=O) groups excluding carboxylic acids is 1. The van der Waals surface area contributed by atoms with E-state index in [1.165, 1.54) is 26.0 Å². The first kappa shape index (κ1) is 28.7. The molecule has 7 heteroatoms. The highest BCUT2D eigenvalue weighted by molar-refractivity contribution is 5.74. The van der Waals surface area contributed by atoms with Gasteiger partial charge in [-0.25, -0.2) is 14.2 Å². The lowest BCUT2D eigenvalue weighted by atomic mass is 9.65. The van der Waals surface area contributed by atoms with Crippen LogP contribution in [0.4, 0.5) is 4.39 Å². The first-order chi connectivity index (χ1) is 19.3. The molecule has 0 bridgehead atoms. The van der Waals surface area contributed by atoms with Crippen LogP contribution in [0.3, 0.4) is 0 Å². The Morgan fingerprint density at radius 2 is 1.95 bits per heavy atom. The van der Waals surface area contributed by atoms with Crippen LogP contribution in [0.25, 0.3) is 11.0 Å². The average Bonchev–Trinajstić information content (AvgIpc) is 3.37. The minimum atomic E-state index is -0.637. The molecule has 1 fully saturated rings. The van der Waals surface area contributed by atoms with Crippen molar-refractivity contribution in [3.05, 3.63) is 65.2 Å². The lowest BCUT2D eigenvalue weighted by Gasteiger charge is -2.47. The number of hydrogen-bond donors (Lipinski definition) is 1. The average molecular weight is 550 g/mol. The lowest BCUT2D eigenvalue weighted by molar-refractivity contribution is -0.172. The van der Waals surface area contributed by atoms with Gasteiger partial charge in [0.25, 0.3) is 0 Å². The number of ether oxygens (including phenoxy) is 2. The van der Waals surface area contributed by atoms with Crippen LogP contribution >= 0.6 is 0 Å². The molecule has 216 valence electrons. The number of esters is 1. The quantitative estimate of drug-likeness (QED) is 0.288. The Hall–Kier alpha value is -2.77. The van der Waals surface area contributed by atoms with Crippen LogP contribution in [-0.2, 0) is 20.7 Å². The van der Waals surface area contributed by atoms with Crippen molar-refractivity contribution in [2.75, 3.05) is 33.9 Å². The SMILES string of the molecule is COCC(=O)O[C@]1(CCN(C)CC2CCC(c3nc4ccccc4[nH]3)CC2)CCc2cc(F)ccc2[C@@H]1C(C)C. The Morgan fingerprint density at radius 1 is 1.18 bits per heavy atom. The van der Waals surface area contributed by atoms with Crippen molar-refractivity contribution >= 4 is 17.0 Å². The lowest BCUT2D eigenvalue weighted by Crippen LogP contribution is -2.49. The largest absolute Gasteiger partial charge is 0.457 e. The molecule has 0 unspecified atom stereocenters. The van der Waals surface area contributed by atoms with E-state index in [4.69, 9.17) is 14.5 Å². The molecule has 0 amide bonds. The van der Waals surface area contributed by atoms with Gasteiger partial charge in [-0.3, -0.25) is 0 Å². The molecule has 2 atom stereocenters. The Kier molecular flexibility index (Phi) is 8.91. The number of carbonyl (C=O) groups is 1. The fourth-order valence-corrected chi connectivity index (χ4v) is 7.36. The molecule has 0 saturated heterocycles. The van der Waals surface area contributed by atoms with Crippen molar-refractivity contribution in [2.45, 2.75) is 76.2 Å². The van der Waals surface area contributed by atoms with E-state index in [1.54, 1.807) is 6.07 Å². The zero-order chi connectivity index (χ0) is 28.3. The van der Waals surface area contributed by atoms with E-state index < -0.39 is 5.60 Å². The Morgan fingerprint density at radius 3 is 2.67 bits per heavy atom. The van der Waals surface area contributed by atoms with Gasteiger partial charge in [-0.1, -0.05) is 32.0 Å². The Labute approximate surface area is 237 Å². The molecule has 2 aromatic carbocycles. The molecule has 3 aromatic rings. The summed E-state index contributed by atoms with van der Waals surface area (Å²) in [7, 11) is 3.70. The fourth-order valence-electron chi connectivity index (χ4n) is 7.36. The van der Waals surface area contributed by atoms with Crippen LogP contribution in [-0.4, -0.2) is 60.3 Å². The summed E-state index contributed by atoms with van der Waals surface area (Å²) in [6.45, 7) is 6.15. The predicted octanol–water partition coefficient (Wildman–Crippen LogP) is 6.61. The number of aromatic amines is 1. The molecule has 1 saturated carbocycles. The standard InChI is InChI=1S/C33H44FN3O3/c1-22(2)31-27-14-13-26(34)19-25(27)15-16-33(31,40-30(38)21-39-4)17-18-37(3)20-23-9-11-24(12-10-23)32-35-28-7-5-6-8-29(28)36-32/h5-8,13-14,19,22-24,31H,9-12,15-18,20-21H2,1-4H3,(H,35,36)/t23?,24?,31-,33-/m0/s1. The first-order valence-electron chi connectivity index (χ1n) is 14.9. The van der Waals surface area contributed by atoms with Gasteiger partial charge in [0.2, 0.25) is 0 Å². The molecule has 2 aliphatic carbocycles. The van der Waals surface area contributed by atoms with E-state index >= 15 is 0 Å². The van der Waals surface area contributed by atoms with Crippen molar-refractivity contribution in [2.24, 2.45) is 11.8 Å². The zero-order valence-electron chi connectivity index (χ0n) is 24.4. The normalized spacial score (nSPS) is 24.9. The maximum Gasteiger partial charge on any atom is 0.332 e. The first-order valence-corrected chi connectivity index (χ1v) is 14.9. The number of aryl methyl sites for hydroxylation is 1. The van der Waals surface area contributed by atoms with Gasteiger partial charge in [0.05, 0.1) is 11.0 Å². The Balaban J connectivity index is 1.23. The van der Waals surface area contributed by atoms with E-state index in [2.05, 4.69) is 49.0 Å². The number of rotatable bonds is 10. The highest BCUT2D eigenvalue weighted by atomic mass is 19.1. The number of nitrogens with one attached hydrogen (secondary N) is 1. The van der Waals surface area contributed by atoms with Crippen molar-refractivity contribution in [3.8, 4) is 0 Å². The van der Waals surface area contributed by atoms with Gasteiger partial charge in [-0.05, 0) is 92.8 Å². The number of nitrogens with zero attached hydrogens (tertiary/aromatic N) is 2. The molecule has 1 heterocycles. The van der Waals surface area contributed by atoms with Gasteiger partial charge >= 0.3 is 5.97 Å². The molecule has 2 aliphatic rings. The second-order valence-electron chi connectivity index (χ2n) is 12.4. The number of fused-ring (bicyclic) bond motifs is 2. The van der Waals surface area contributed by atoms with Gasteiger partial charge in [0, 0.05) is 38.5 Å². The van der Waals surface area contributed by atoms with E-state index in [0.717, 1.165) is 60.3 Å². The molecule has 0 aliphatic heterocycles. The van der Waals surface area contributed by atoms with Crippen molar-refractivity contribution in [3.63, 3.8) is 0 Å². The highest BCUT2D eigenvalue weighted by Gasteiger charge is 2.47. The van der Waals surface area contributed by atoms with E-state index in [9.17, 15) is 9.18 Å². The third-order valence-electron chi connectivity index (χ3n) is 9.20. The number of aromatic nitrogens is 2. The van der Waals surface area contributed by atoms with Gasteiger partial charge < -0.3 is 19.4 Å². The van der Waals surface area contributed by atoms with Gasteiger partial charge in [-0.15, -0.1) is 0 Å². The van der Waals surface area contributed by atoms with Crippen LogP contribution < -0.4 is 0 Å². The van der Waals surface area contributed by atoms with Gasteiger partial charge in [0.1, 0.15) is 23.8 Å². The third-order valence-corrected chi connectivity index (χ3v) is 9.20. The van der Waals surface area contributed by atoms with E-state index in [0.29, 0.717) is 24.7 Å². The number of H-pyrrole nitrogens is 1. The minimum Gasteiger partial charge on any atom is -0.457 e. The summed E-state index contributed by atoms with van der Waals surface area (Å²) in [5.74, 6) is 1.98. The monoisotopic (exact) mass is 549 g/mol. The van der Waals surface area contributed by atoms with Crippen LogP contribution in [0.5, 0.6) is 0 Å². The summed E-state index contributed by atoms with van der Waals surface area (Å²) in [5.41, 5.74) is 3.68. The topological polar surface area (TPSA) is 67.5 Å². The predicted molar refractivity (Wildman–Crippen MR) is 156 cm³/mol. The Bertz CT molecular complexity index is 1270. The fraction of sp³-hybridized carbons (Fsp3) is 0.576. The van der Waals surface area contributed by atoms with Crippen molar-refractivity contribution in [1.82, 2.24) is 14.9 Å². The summed E-state index contributed by atoms with van der Waals surface area (Å²) >= 11 is 0. The maximum atomic E-state index is 14.1. The summed E-state index contributed by atoms with van der Waals surface area (Å²) in [6, 6.07) is 13.3. The molecule has 0 spiro atoms. The summed E-state index contributed by atoms with van der Waals surface area (Å²) < 4.78 is 25.5. The van der Waals surface area contributed by atoms with E-state index in [1.807, 2.05) is 12.1 Å². The zero-order valence-corrected chi connectivity index (χ0v) is 24.4. The number of imidazole rings is 1. The molecule has 40 heavy (non-hydrogen) atoms. The molecule has 1 N–H and O–H groups in total.